The van der Waals surface area contributed by atoms with Crippen LogP contribution in [0.4, 0.5) is 0 Å². The van der Waals surface area contributed by atoms with E-state index in [-0.39, 0.29) is 0 Å². The molecule has 0 bridgehead atoms. The molecule has 19 heavy (non-hydrogen) atoms. The maximum Gasteiger partial charge on any atom is 0.243 e. The molecule has 0 aliphatic carbocycles. The predicted molar refractivity (Wildman–Crippen MR) is 74.0 cm³/mol. The molecule has 0 unspecified atom stereocenters. The van der Waals surface area contributed by atoms with Crippen LogP contribution < -0.4 is 4.74 Å². The molecular weight excluding hydrogens is 266 g/mol. The lowest BCUT2D eigenvalue weighted by Crippen LogP contribution is -2.29. The first-order valence-electron chi connectivity index (χ1n) is 6.03. The minimum Gasteiger partial charge on any atom is -0.497 e. The highest BCUT2D eigenvalue weighted by atomic mass is 32.2. The standard InChI is InChI=1S/C13H21NO4S/c1-11-10-12(18-4)6-7-13(11)19(15,16)14(2)8-5-9-17-3/h6-7,10H,5,8-9H2,1-4H3. The third kappa shape index (κ3) is 3.92. The number of sulfonamides is 1. The molecule has 6 heteroatoms. The Kier molecular flexibility index (Phi) is 5.78. The van der Waals surface area contributed by atoms with Crippen LogP contribution in [0.3, 0.4) is 0 Å². The highest BCUT2D eigenvalue weighted by molar-refractivity contribution is 7.89. The first-order chi connectivity index (χ1) is 8.93. The van der Waals surface area contributed by atoms with E-state index < -0.39 is 10.0 Å². The zero-order valence-electron chi connectivity index (χ0n) is 11.8. The van der Waals surface area contributed by atoms with Crippen molar-refractivity contribution in [1.29, 1.82) is 0 Å². The van der Waals surface area contributed by atoms with E-state index in [1.54, 1.807) is 46.4 Å². The number of nitrogens with zero attached hydrogens (tertiary/aromatic N) is 1. The van der Waals surface area contributed by atoms with Gasteiger partial charge < -0.3 is 9.47 Å². The summed E-state index contributed by atoms with van der Waals surface area (Å²) in [5, 5.41) is 0. The number of hydrogen-bond donors (Lipinski definition) is 0. The summed E-state index contributed by atoms with van der Waals surface area (Å²) < 4.78 is 36.1. The van der Waals surface area contributed by atoms with Crippen LogP contribution in [-0.2, 0) is 14.8 Å². The fourth-order valence-corrected chi connectivity index (χ4v) is 3.17. The third-order valence-corrected chi connectivity index (χ3v) is 4.91. The third-order valence-electron chi connectivity index (χ3n) is 2.89. The van der Waals surface area contributed by atoms with Gasteiger partial charge >= 0.3 is 0 Å². The quantitative estimate of drug-likeness (QED) is 0.716. The zero-order valence-corrected chi connectivity index (χ0v) is 12.7. The lowest BCUT2D eigenvalue weighted by Gasteiger charge is -2.18. The van der Waals surface area contributed by atoms with Gasteiger partial charge in [0.15, 0.2) is 0 Å². The highest BCUT2D eigenvalue weighted by Crippen LogP contribution is 2.23. The van der Waals surface area contributed by atoms with Gasteiger partial charge in [-0.15, -0.1) is 0 Å². The monoisotopic (exact) mass is 287 g/mol. The van der Waals surface area contributed by atoms with Crippen LogP contribution >= 0.6 is 0 Å². The van der Waals surface area contributed by atoms with Crippen LogP contribution in [0.2, 0.25) is 0 Å². The molecule has 1 aromatic carbocycles. The maximum atomic E-state index is 12.4. The normalized spacial score (nSPS) is 11.8. The van der Waals surface area contributed by atoms with Crippen molar-refractivity contribution in [2.75, 3.05) is 34.4 Å². The van der Waals surface area contributed by atoms with Gasteiger partial charge in [-0.25, -0.2) is 12.7 Å². The number of rotatable bonds is 7. The minimum absolute atomic E-state index is 0.313. The van der Waals surface area contributed by atoms with Crippen molar-refractivity contribution < 1.29 is 17.9 Å². The van der Waals surface area contributed by atoms with Gasteiger partial charge in [-0.2, -0.15) is 0 Å². The van der Waals surface area contributed by atoms with Crippen molar-refractivity contribution in [3.63, 3.8) is 0 Å². The molecule has 0 amide bonds. The van der Waals surface area contributed by atoms with E-state index >= 15 is 0 Å². The smallest absolute Gasteiger partial charge is 0.243 e. The molecule has 0 aliphatic rings. The van der Waals surface area contributed by atoms with Gasteiger partial charge in [0.25, 0.3) is 0 Å². The summed E-state index contributed by atoms with van der Waals surface area (Å²) in [6.07, 6.45) is 0.668. The Bertz CT molecular complexity index is 513. The van der Waals surface area contributed by atoms with Gasteiger partial charge in [-0.3, -0.25) is 0 Å². The van der Waals surface area contributed by atoms with Crippen molar-refractivity contribution in [2.45, 2.75) is 18.2 Å². The van der Waals surface area contributed by atoms with E-state index in [0.717, 1.165) is 0 Å². The summed E-state index contributed by atoms with van der Waals surface area (Å²) in [7, 11) is 1.28. The van der Waals surface area contributed by atoms with Crippen molar-refractivity contribution in [2.24, 2.45) is 0 Å². The van der Waals surface area contributed by atoms with Crippen LogP contribution in [0.1, 0.15) is 12.0 Å². The van der Waals surface area contributed by atoms with E-state index in [9.17, 15) is 8.42 Å². The minimum atomic E-state index is -3.45. The highest BCUT2D eigenvalue weighted by Gasteiger charge is 2.22. The molecular formula is C13H21NO4S. The lowest BCUT2D eigenvalue weighted by molar-refractivity contribution is 0.189. The Hall–Kier alpha value is -1.11. The van der Waals surface area contributed by atoms with Gasteiger partial charge in [0, 0.05) is 27.3 Å². The molecule has 0 spiro atoms. The Balaban J connectivity index is 2.93. The molecule has 0 saturated heterocycles. The topological polar surface area (TPSA) is 55.8 Å². The van der Waals surface area contributed by atoms with Gasteiger partial charge in [0.2, 0.25) is 10.0 Å². The second-order valence-corrected chi connectivity index (χ2v) is 6.32. The molecule has 1 aromatic rings. The summed E-state index contributed by atoms with van der Waals surface area (Å²) in [6, 6.07) is 4.95. The second kappa shape index (κ2) is 6.88. The molecule has 0 atom stereocenters. The number of ether oxygens (including phenoxy) is 2. The van der Waals surface area contributed by atoms with Crippen molar-refractivity contribution in [3.05, 3.63) is 23.8 Å². The summed E-state index contributed by atoms with van der Waals surface area (Å²) in [4.78, 5) is 0.313. The summed E-state index contributed by atoms with van der Waals surface area (Å²) >= 11 is 0. The Morgan fingerprint density at radius 1 is 1.26 bits per heavy atom. The largest absolute Gasteiger partial charge is 0.497 e. The van der Waals surface area contributed by atoms with Gasteiger partial charge in [0.05, 0.1) is 12.0 Å². The first kappa shape index (κ1) is 15.9. The Morgan fingerprint density at radius 2 is 1.95 bits per heavy atom. The molecule has 108 valence electrons. The second-order valence-electron chi connectivity index (χ2n) is 4.30. The molecule has 0 fully saturated rings. The molecule has 0 radical (unpaired) electrons. The van der Waals surface area contributed by atoms with Crippen LogP contribution in [0.25, 0.3) is 0 Å². The zero-order chi connectivity index (χ0) is 14.5. The average Bonchev–Trinajstić information content (AvgIpc) is 2.38. The predicted octanol–water partition coefficient (Wildman–Crippen LogP) is 1.66. The molecule has 1 rings (SSSR count). The molecule has 0 aromatic heterocycles. The fourth-order valence-electron chi connectivity index (χ4n) is 1.76. The maximum absolute atomic E-state index is 12.4. The van der Waals surface area contributed by atoms with Crippen LogP contribution in [0, 0.1) is 6.92 Å². The van der Waals surface area contributed by atoms with Crippen molar-refractivity contribution >= 4 is 10.0 Å². The lowest BCUT2D eigenvalue weighted by atomic mass is 10.2. The molecule has 0 aliphatic heterocycles. The average molecular weight is 287 g/mol. The van der Waals surface area contributed by atoms with Crippen molar-refractivity contribution in [3.8, 4) is 5.75 Å². The number of benzene rings is 1. The fraction of sp³-hybridized carbons (Fsp3) is 0.538. The number of methoxy groups -OCH3 is 2. The molecule has 0 heterocycles. The molecule has 5 nitrogen and oxygen atoms in total. The SMILES string of the molecule is COCCCN(C)S(=O)(=O)c1ccc(OC)cc1C. The Morgan fingerprint density at radius 3 is 2.47 bits per heavy atom. The van der Waals surface area contributed by atoms with E-state index in [2.05, 4.69) is 0 Å². The van der Waals surface area contributed by atoms with Crippen LogP contribution in [-0.4, -0.2) is 47.1 Å². The summed E-state index contributed by atoms with van der Waals surface area (Å²) in [5.41, 5.74) is 0.679. The molecule has 0 saturated carbocycles. The number of aryl methyl sites for hydroxylation is 1. The van der Waals surface area contributed by atoms with Gasteiger partial charge in [0.1, 0.15) is 5.75 Å². The summed E-state index contributed by atoms with van der Waals surface area (Å²) in [5.74, 6) is 0.651. The van der Waals surface area contributed by atoms with E-state index in [4.69, 9.17) is 9.47 Å². The van der Waals surface area contributed by atoms with Crippen molar-refractivity contribution in [1.82, 2.24) is 4.31 Å². The summed E-state index contributed by atoms with van der Waals surface area (Å²) in [6.45, 7) is 2.74. The Labute approximate surface area is 115 Å². The van der Waals surface area contributed by atoms with Crippen LogP contribution in [0.15, 0.2) is 23.1 Å². The van der Waals surface area contributed by atoms with E-state index in [1.807, 2.05) is 0 Å². The molecule has 0 N–H and O–H groups in total. The van der Waals surface area contributed by atoms with Gasteiger partial charge in [-0.05, 0) is 37.1 Å². The number of hydrogen-bond acceptors (Lipinski definition) is 4. The van der Waals surface area contributed by atoms with Crippen LogP contribution in [0.5, 0.6) is 5.75 Å². The van der Waals surface area contributed by atoms with E-state index in [1.165, 1.54) is 4.31 Å². The van der Waals surface area contributed by atoms with E-state index in [0.29, 0.717) is 35.8 Å². The van der Waals surface area contributed by atoms with Gasteiger partial charge in [-0.1, -0.05) is 0 Å². The first-order valence-corrected chi connectivity index (χ1v) is 7.47.